The van der Waals surface area contributed by atoms with Gasteiger partial charge in [0.1, 0.15) is 5.82 Å². The lowest BCUT2D eigenvalue weighted by Gasteiger charge is -2.02. The summed E-state index contributed by atoms with van der Waals surface area (Å²) < 4.78 is 13.6. The van der Waals surface area contributed by atoms with E-state index in [4.69, 9.17) is 0 Å². The van der Waals surface area contributed by atoms with E-state index in [-0.39, 0.29) is 11.7 Å². The van der Waals surface area contributed by atoms with Crippen LogP contribution in [0.15, 0.2) is 34.2 Å². The smallest absolute Gasteiger partial charge is 0.264 e. The van der Waals surface area contributed by atoms with E-state index in [2.05, 4.69) is 10.3 Å². The van der Waals surface area contributed by atoms with Crippen LogP contribution in [0.3, 0.4) is 0 Å². The molecule has 0 unspecified atom stereocenters. The number of halogens is 1. The zero-order valence-electron chi connectivity index (χ0n) is 10.9. The molecule has 0 aromatic heterocycles. The number of carbonyl (C=O) groups excluding carboxylic acids is 1. The van der Waals surface area contributed by atoms with Crippen LogP contribution in [0.25, 0.3) is 6.08 Å². The van der Waals surface area contributed by atoms with Gasteiger partial charge in [-0.3, -0.25) is 9.79 Å². The van der Waals surface area contributed by atoms with Crippen LogP contribution in [-0.2, 0) is 4.79 Å². The molecule has 1 amide bonds. The normalized spacial score (nSPS) is 23.8. The van der Waals surface area contributed by atoms with Crippen molar-refractivity contribution in [3.63, 3.8) is 0 Å². The van der Waals surface area contributed by atoms with Crippen molar-refractivity contribution in [1.82, 2.24) is 5.32 Å². The minimum atomic E-state index is -0.324. The first-order valence-electron chi connectivity index (χ1n) is 6.75. The van der Waals surface area contributed by atoms with E-state index in [1.807, 2.05) is 0 Å². The van der Waals surface area contributed by atoms with E-state index < -0.39 is 0 Å². The highest BCUT2D eigenvalue weighted by Gasteiger charge is 2.25. The molecule has 0 atom stereocenters. The number of benzene rings is 1. The fraction of sp³-hybridized carbons (Fsp3) is 0.333. The number of aliphatic imine (C=N–C) groups is 1. The fourth-order valence-electron chi connectivity index (χ4n) is 2.42. The molecule has 3 rings (SSSR count). The Balaban J connectivity index is 1.78. The predicted octanol–water partition coefficient (Wildman–Crippen LogP) is 3.33. The van der Waals surface area contributed by atoms with E-state index in [0.29, 0.717) is 21.7 Å². The first-order valence-corrected chi connectivity index (χ1v) is 7.57. The topological polar surface area (TPSA) is 41.5 Å². The maximum absolute atomic E-state index is 13.6. The Morgan fingerprint density at radius 3 is 2.80 bits per heavy atom. The van der Waals surface area contributed by atoms with E-state index >= 15 is 0 Å². The quantitative estimate of drug-likeness (QED) is 0.849. The lowest BCUT2D eigenvalue weighted by Crippen LogP contribution is -2.21. The van der Waals surface area contributed by atoms with Gasteiger partial charge in [0, 0.05) is 5.56 Å². The van der Waals surface area contributed by atoms with Gasteiger partial charge in [-0.15, -0.1) is 0 Å². The van der Waals surface area contributed by atoms with Gasteiger partial charge in [0.25, 0.3) is 5.91 Å². The van der Waals surface area contributed by atoms with Crippen LogP contribution in [-0.4, -0.2) is 17.1 Å². The fourth-order valence-corrected chi connectivity index (χ4v) is 3.30. The first kappa shape index (κ1) is 13.4. The van der Waals surface area contributed by atoms with Gasteiger partial charge in [-0.25, -0.2) is 4.39 Å². The minimum Gasteiger partial charge on any atom is -0.301 e. The van der Waals surface area contributed by atoms with E-state index in [1.165, 1.54) is 30.7 Å². The molecule has 0 radical (unpaired) electrons. The highest BCUT2D eigenvalue weighted by atomic mass is 32.2. The number of carbonyl (C=O) groups is 1. The summed E-state index contributed by atoms with van der Waals surface area (Å²) in [4.78, 5) is 16.9. The second-order valence-electron chi connectivity index (χ2n) is 4.96. The molecule has 1 aromatic rings. The van der Waals surface area contributed by atoms with Crippen molar-refractivity contribution in [2.24, 2.45) is 4.99 Å². The van der Waals surface area contributed by atoms with Crippen molar-refractivity contribution in [3.05, 3.63) is 40.6 Å². The van der Waals surface area contributed by atoms with Gasteiger partial charge in [0.05, 0.1) is 10.9 Å². The third kappa shape index (κ3) is 2.93. The summed E-state index contributed by atoms with van der Waals surface area (Å²) in [7, 11) is 0. The molecule has 1 N–H and O–H groups in total. The Morgan fingerprint density at radius 1 is 1.30 bits per heavy atom. The first-order chi connectivity index (χ1) is 9.72. The molecule has 1 aliphatic carbocycles. The van der Waals surface area contributed by atoms with Crippen molar-refractivity contribution in [1.29, 1.82) is 0 Å². The van der Waals surface area contributed by atoms with Crippen LogP contribution in [0.1, 0.15) is 31.2 Å². The van der Waals surface area contributed by atoms with Crippen LogP contribution in [0.2, 0.25) is 0 Å². The molecule has 1 saturated heterocycles. The molecule has 1 heterocycles. The van der Waals surface area contributed by atoms with Crippen molar-refractivity contribution >= 4 is 28.9 Å². The van der Waals surface area contributed by atoms with Crippen LogP contribution < -0.4 is 5.32 Å². The molecular weight excluding hydrogens is 275 g/mol. The molecule has 1 aliphatic heterocycles. The molecule has 2 aliphatic rings. The van der Waals surface area contributed by atoms with E-state index in [1.54, 1.807) is 24.3 Å². The van der Waals surface area contributed by atoms with Crippen LogP contribution >= 0.6 is 11.8 Å². The number of rotatable bonds is 2. The van der Waals surface area contributed by atoms with Gasteiger partial charge < -0.3 is 5.32 Å². The molecule has 2 fully saturated rings. The van der Waals surface area contributed by atoms with Crippen LogP contribution in [0, 0.1) is 5.82 Å². The molecule has 5 heteroatoms. The summed E-state index contributed by atoms with van der Waals surface area (Å²) in [5.41, 5.74) is 0.423. The highest BCUT2D eigenvalue weighted by Crippen LogP contribution is 2.29. The van der Waals surface area contributed by atoms with E-state index in [9.17, 15) is 9.18 Å². The number of nitrogens with zero attached hydrogens (tertiary/aromatic N) is 1. The van der Waals surface area contributed by atoms with Gasteiger partial charge in [0.15, 0.2) is 5.17 Å². The lowest BCUT2D eigenvalue weighted by molar-refractivity contribution is -0.115. The predicted molar refractivity (Wildman–Crippen MR) is 79.8 cm³/mol. The van der Waals surface area contributed by atoms with Gasteiger partial charge >= 0.3 is 0 Å². The molecule has 0 spiro atoms. The summed E-state index contributed by atoms with van der Waals surface area (Å²) in [6.45, 7) is 0. The summed E-state index contributed by atoms with van der Waals surface area (Å²) in [5.74, 6) is -0.524. The average molecular weight is 290 g/mol. The van der Waals surface area contributed by atoms with Crippen LogP contribution in [0.5, 0.6) is 0 Å². The zero-order valence-corrected chi connectivity index (χ0v) is 11.8. The van der Waals surface area contributed by atoms with Gasteiger partial charge in [0.2, 0.25) is 0 Å². The van der Waals surface area contributed by atoms with Gasteiger partial charge in [-0.2, -0.15) is 0 Å². The molecule has 1 saturated carbocycles. The Kier molecular flexibility index (Phi) is 3.87. The molecular formula is C15H15FN2OS. The lowest BCUT2D eigenvalue weighted by atomic mass is 10.2. The van der Waals surface area contributed by atoms with Crippen molar-refractivity contribution in [2.45, 2.75) is 31.7 Å². The summed E-state index contributed by atoms with van der Waals surface area (Å²) in [5, 5.41) is 3.40. The standard InChI is InChI=1S/C15H15FN2OS/c16-12-8-4-1-5-10(12)9-13-14(19)18-15(20-13)17-11-6-2-3-7-11/h1,4-5,8-9,11H,2-3,6-7H2,(H,17,18,19)/b13-9-. The third-order valence-corrected chi connectivity index (χ3v) is 4.39. The maximum atomic E-state index is 13.6. The number of hydrogen-bond donors (Lipinski definition) is 1. The second kappa shape index (κ2) is 5.79. The van der Waals surface area contributed by atoms with Gasteiger partial charge in [-0.05, 0) is 36.7 Å². The minimum absolute atomic E-state index is 0.199. The average Bonchev–Trinajstić information content (AvgIpc) is 3.04. The largest absolute Gasteiger partial charge is 0.301 e. The van der Waals surface area contributed by atoms with Gasteiger partial charge in [-0.1, -0.05) is 31.0 Å². The second-order valence-corrected chi connectivity index (χ2v) is 5.99. The highest BCUT2D eigenvalue weighted by molar-refractivity contribution is 8.18. The summed E-state index contributed by atoms with van der Waals surface area (Å²) in [6, 6.07) is 6.75. The summed E-state index contributed by atoms with van der Waals surface area (Å²) >= 11 is 1.29. The zero-order chi connectivity index (χ0) is 13.9. The third-order valence-electron chi connectivity index (χ3n) is 3.47. The number of hydrogen-bond acceptors (Lipinski definition) is 3. The summed E-state index contributed by atoms with van der Waals surface area (Å²) in [6.07, 6.45) is 6.17. The molecule has 104 valence electrons. The monoisotopic (exact) mass is 290 g/mol. The Labute approximate surface area is 121 Å². The molecule has 20 heavy (non-hydrogen) atoms. The number of thioether (sulfide) groups is 1. The number of nitrogens with one attached hydrogen (secondary N) is 1. The Hall–Kier alpha value is -1.62. The molecule has 1 aromatic carbocycles. The SMILES string of the molecule is O=C1NC(=NC2CCCC2)S/C1=C\c1ccccc1F. The van der Waals surface area contributed by atoms with Crippen molar-refractivity contribution < 1.29 is 9.18 Å². The number of amides is 1. The Bertz CT molecular complexity index is 591. The van der Waals surface area contributed by atoms with Crippen molar-refractivity contribution in [2.75, 3.05) is 0 Å². The van der Waals surface area contributed by atoms with E-state index in [0.717, 1.165) is 12.8 Å². The number of amidine groups is 1. The Morgan fingerprint density at radius 2 is 2.05 bits per heavy atom. The van der Waals surface area contributed by atoms with Crippen molar-refractivity contribution in [3.8, 4) is 0 Å². The maximum Gasteiger partial charge on any atom is 0.264 e. The molecule has 3 nitrogen and oxygen atoms in total. The molecule has 0 bridgehead atoms. The van der Waals surface area contributed by atoms with Crippen LogP contribution in [0.4, 0.5) is 4.39 Å².